The van der Waals surface area contributed by atoms with Crippen LogP contribution in [0, 0.1) is 0 Å². The molecule has 1 atom stereocenters. The average Bonchev–Trinajstić information content (AvgIpc) is 2.02. The van der Waals surface area contributed by atoms with Gasteiger partial charge in [-0.2, -0.15) is 0 Å². The van der Waals surface area contributed by atoms with Crippen molar-refractivity contribution in [3.63, 3.8) is 0 Å². The summed E-state index contributed by atoms with van der Waals surface area (Å²) in [5, 5.41) is -0.250. The Bertz CT molecular complexity index is 291. The zero-order valence-corrected chi connectivity index (χ0v) is 10.1. The third-order valence-electron chi connectivity index (χ3n) is 1.47. The minimum Gasteiger partial charge on any atom is -0.113 e. The monoisotopic (exact) mass is 276 g/mol. The molecule has 0 saturated carbocycles. The lowest BCUT2D eigenvalue weighted by Gasteiger charge is -2.19. The van der Waals surface area contributed by atoms with Gasteiger partial charge in [0, 0.05) is 5.02 Å². The van der Waals surface area contributed by atoms with Crippen LogP contribution in [0.5, 0.6) is 0 Å². The van der Waals surface area contributed by atoms with Gasteiger partial charge in [0.25, 0.3) is 0 Å². The molecule has 1 aromatic carbocycles. The van der Waals surface area contributed by atoms with Crippen molar-refractivity contribution < 1.29 is 0 Å². The van der Waals surface area contributed by atoms with E-state index in [1.807, 2.05) is 0 Å². The maximum atomic E-state index is 5.91. The molecule has 0 saturated heterocycles. The predicted molar refractivity (Wildman–Crippen MR) is 60.3 cm³/mol. The van der Waals surface area contributed by atoms with Crippen LogP contribution in [-0.4, -0.2) is 3.79 Å². The fraction of sp³-hybridized carbons (Fsp3) is 0.250. The van der Waals surface area contributed by atoms with Gasteiger partial charge in [0.05, 0.1) is 0 Å². The molecule has 0 fully saturated rings. The van der Waals surface area contributed by atoms with Gasteiger partial charge in [0.1, 0.15) is 5.38 Å². The van der Waals surface area contributed by atoms with Gasteiger partial charge < -0.3 is 0 Å². The Morgan fingerprint density at radius 1 is 1.08 bits per heavy atom. The van der Waals surface area contributed by atoms with Crippen molar-refractivity contribution >= 4 is 58.0 Å². The van der Waals surface area contributed by atoms with Crippen LogP contribution in [0.15, 0.2) is 24.3 Å². The molecular formula is C8H5Cl5. The average molecular weight is 278 g/mol. The van der Waals surface area contributed by atoms with Crippen LogP contribution in [-0.2, 0) is 0 Å². The topological polar surface area (TPSA) is 0 Å². The van der Waals surface area contributed by atoms with Crippen molar-refractivity contribution in [2.45, 2.75) is 9.17 Å². The van der Waals surface area contributed by atoms with Gasteiger partial charge in [0.15, 0.2) is 0 Å². The Hall–Kier alpha value is 0.670. The molecule has 0 heterocycles. The molecule has 72 valence electrons. The molecule has 0 amide bonds. The molecule has 0 nitrogen and oxygen atoms in total. The normalized spacial score (nSPS) is 14.2. The van der Waals surface area contributed by atoms with E-state index in [1.54, 1.807) is 24.3 Å². The molecule has 1 unspecified atom stereocenters. The van der Waals surface area contributed by atoms with Crippen LogP contribution in [0.1, 0.15) is 10.9 Å². The van der Waals surface area contributed by atoms with E-state index in [0.29, 0.717) is 10.6 Å². The second kappa shape index (κ2) is 4.46. The maximum Gasteiger partial charge on any atom is 0.210 e. The summed E-state index contributed by atoms with van der Waals surface area (Å²) in [5.74, 6) is 0. The van der Waals surface area contributed by atoms with Crippen molar-refractivity contribution in [2.75, 3.05) is 0 Å². The molecule has 0 N–H and O–H groups in total. The van der Waals surface area contributed by atoms with E-state index in [2.05, 4.69) is 0 Å². The van der Waals surface area contributed by atoms with E-state index in [0.717, 1.165) is 0 Å². The number of alkyl halides is 4. The van der Waals surface area contributed by atoms with E-state index in [1.165, 1.54) is 0 Å². The molecule has 0 spiro atoms. The van der Waals surface area contributed by atoms with E-state index in [4.69, 9.17) is 58.0 Å². The second-order valence-corrected chi connectivity index (χ2v) is 5.64. The number of benzene rings is 1. The summed E-state index contributed by atoms with van der Waals surface area (Å²) in [4.78, 5) is 0. The highest BCUT2D eigenvalue weighted by Crippen LogP contribution is 2.45. The molecule has 0 bridgehead atoms. The van der Waals surface area contributed by atoms with E-state index in [9.17, 15) is 0 Å². The van der Waals surface area contributed by atoms with E-state index < -0.39 is 9.17 Å². The molecule has 0 aliphatic carbocycles. The Labute approximate surface area is 102 Å². The van der Waals surface area contributed by atoms with Crippen LogP contribution in [0.2, 0.25) is 5.02 Å². The predicted octanol–water partition coefficient (Wildman–Crippen LogP) is 4.99. The van der Waals surface area contributed by atoms with Crippen LogP contribution in [0.25, 0.3) is 0 Å². The maximum absolute atomic E-state index is 5.91. The SMILES string of the molecule is Clc1ccccc1C(Cl)C(Cl)(Cl)Cl. The highest BCUT2D eigenvalue weighted by molar-refractivity contribution is 6.70. The van der Waals surface area contributed by atoms with Crippen LogP contribution in [0.3, 0.4) is 0 Å². The first-order chi connectivity index (χ1) is 5.93. The molecular weight excluding hydrogens is 273 g/mol. The van der Waals surface area contributed by atoms with Gasteiger partial charge in [-0.15, -0.1) is 11.6 Å². The first-order valence-corrected chi connectivity index (χ1v) is 5.33. The minimum atomic E-state index is -1.55. The molecule has 0 aromatic heterocycles. The van der Waals surface area contributed by atoms with Crippen molar-refractivity contribution in [3.8, 4) is 0 Å². The number of rotatable bonds is 1. The van der Waals surface area contributed by atoms with Gasteiger partial charge in [-0.05, 0) is 11.6 Å². The number of hydrogen-bond donors (Lipinski definition) is 0. The quantitative estimate of drug-likeness (QED) is 0.635. The summed E-state index contributed by atoms with van der Waals surface area (Å²) in [6.07, 6.45) is 0. The van der Waals surface area contributed by atoms with Crippen LogP contribution in [0.4, 0.5) is 0 Å². The summed E-state index contributed by atoms with van der Waals surface area (Å²) in [6, 6.07) is 6.99. The summed E-state index contributed by atoms with van der Waals surface area (Å²) in [6.45, 7) is 0. The van der Waals surface area contributed by atoms with E-state index >= 15 is 0 Å². The summed E-state index contributed by atoms with van der Waals surface area (Å²) >= 11 is 28.7. The number of halogens is 5. The third-order valence-corrected chi connectivity index (χ3v) is 3.36. The number of hydrogen-bond acceptors (Lipinski definition) is 0. The smallest absolute Gasteiger partial charge is 0.113 e. The van der Waals surface area contributed by atoms with Gasteiger partial charge in [0.2, 0.25) is 3.79 Å². The highest BCUT2D eigenvalue weighted by atomic mass is 35.6. The standard InChI is InChI=1S/C8H5Cl5/c9-6-4-2-1-3-5(6)7(10)8(11,12)13/h1-4,7H. The summed E-state index contributed by atoms with van der Waals surface area (Å²) < 4.78 is -1.55. The van der Waals surface area contributed by atoms with E-state index in [-0.39, 0.29) is 0 Å². The van der Waals surface area contributed by atoms with Crippen molar-refractivity contribution in [2.24, 2.45) is 0 Å². The van der Waals surface area contributed by atoms with Crippen molar-refractivity contribution in [3.05, 3.63) is 34.9 Å². The second-order valence-electron chi connectivity index (χ2n) is 2.43. The Kier molecular flexibility index (Phi) is 4.03. The minimum absolute atomic E-state index is 0.494. The highest BCUT2D eigenvalue weighted by Gasteiger charge is 2.33. The van der Waals surface area contributed by atoms with Crippen LogP contribution < -0.4 is 0 Å². The van der Waals surface area contributed by atoms with Gasteiger partial charge >= 0.3 is 0 Å². The third kappa shape index (κ3) is 3.07. The Morgan fingerprint density at radius 2 is 1.62 bits per heavy atom. The van der Waals surface area contributed by atoms with Gasteiger partial charge in [-0.1, -0.05) is 64.6 Å². The Morgan fingerprint density at radius 3 is 2.08 bits per heavy atom. The van der Waals surface area contributed by atoms with Crippen LogP contribution >= 0.6 is 58.0 Å². The lowest BCUT2D eigenvalue weighted by molar-refractivity contribution is 0.972. The molecule has 1 rings (SSSR count). The molecule has 0 radical (unpaired) electrons. The summed E-state index contributed by atoms with van der Waals surface area (Å²) in [5.41, 5.74) is 0.617. The van der Waals surface area contributed by atoms with Crippen molar-refractivity contribution in [1.29, 1.82) is 0 Å². The first kappa shape index (κ1) is 11.7. The largest absolute Gasteiger partial charge is 0.210 e. The molecule has 0 aliphatic rings. The Balaban J connectivity index is 3.02. The summed E-state index contributed by atoms with van der Waals surface area (Å²) in [7, 11) is 0. The van der Waals surface area contributed by atoms with Gasteiger partial charge in [-0.3, -0.25) is 0 Å². The first-order valence-electron chi connectivity index (χ1n) is 3.38. The lowest BCUT2D eigenvalue weighted by atomic mass is 10.2. The molecule has 1 aromatic rings. The zero-order chi connectivity index (χ0) is 10.1. The molecule has 13 heavy (non-hydrogen) atoms. The van der Waals surface area contributed by atoms with Crippen molar-refractivity contribution in [1.82, 2.24) is 0 Å². The molecule has 5 heteroatoms. The zero-order valence-electron chi connectivity index (χ0n) is 6.28. The van der Waals surface area contributed by atoms with Gasteiger partial charge in [-0.25, -0.2) is 0 Å². The fourth-order valence-corrected chi connectivity index (χ4v) is 1.70. The molecule has 0 aliphatic heterocycles. The lowest BCUT2D eigenvalue weighted by Crippen LogP contribution is -2.11. The fourth-order valence-electron chi connectivity index (χ4n) is 0.857.